The van der Waals surface area contributed by atoms with Crippen LogP contribution in [0, 0.1) is 0 Å². The molecule has 0 radical (unpaired) electrons. The van der Waals surface area contributed by atoms with Gasteiger partial charge in [-0.2, -0.15) is 0 Å². The van der Waals surface area contributed by atoms with Crippen LogP contribution in [0.4, 0.5) is 0 Å². The molecule has 1 atom stereocenters. The van der Waals surface area contributed by atoms with Gasteiger partial charge in [0.05, 0.1) is 5.56 Å². The molecule has 0 aliphatic carbocycles. The Labute approximate surface area is 102 Å². The number of carbonyl (C=O) groups excluding carboxylic acids is 1. The highest BCUT2D eigenvalue weighted by Gasteiger charge is 2.20. The van der Waals surface area contributed by atoms with Crippen molar-refractivity contribution in [2.24, 2.45) is 0 Å². The molecule has 1 saturated heterocycles. The van der Waals surface area contributed by atoms with Crippen molar-refractivity contribution in [3.8, 4) is 0 Å². The lowest BCUT2D eigenvalue weighted by Crippen LogP contribution is -2.31. The third-order valence-corrected chi connectivity index (χ3v) is 3.36. The quantitative estimate of drug-likeness (QED) is 0.852. The van der Waals surface area contributed by atoms with Crippen LogP contribution in [-0.2, 0) is 0 Å². The number of rotatable bonds is 4. The summed E-state index contributed by atoms with van der Waals surface area (Å²) in [6.45, 7) is 1.92. The van der Waals surface area contributed by atoms with Crippen molar-refractivity contribution in [1.29, 1.82) is 0 Å². The average molecular weight is 233 g/mol. The Morgan fingerprint density at radius 3 is 3.18 bits per heavy atom. The van der Waals surface area contributed by atoms with Gasteiger partial charge in [-0.1, -0.05) is 0 Å². The molecular formula is C13H19N3O. The van der Waals surface area contributed by atoms with Crippen molar-refractivity contribution in [1.82, 2.24) is 15.2 Å². The summed E-state index contributed by atoms with van der Waals surface area (Å²) in [4.78, 5) is 18.0. The van der Waals surface area contributed by atoms with Crippen LogP contribution in [0.5, 0.6) is 0 Å². The van der Waals surface area contributed by atoms with Gasteiger partial charge in [0.1, 0.15) is 0 Å². The van der Waals surface area contributed by atoms with E-state index in [-0.39, 0.29) is 5.91 Å². The maximum Gasteiger partial charge on any atom is 0.252 e. The number of hydrogen-bond donors (Lipinski definition) is 1. The van der Waals surface area contributed by atoms with E-state index in [9.17, 15) is 4.79 Å². The Morgan fingerprint density at radius 2 is 2.53 bits per heavy atom. The van der Waals surface area contributed by atoms with Gasteiger partial charge in [0.2, 0.25) is 0 Å². The Morgan fingerprint density at radius 1 is 1.65 bits per heavy atom. The normalized spacial score (nSPS) is 20.4. The van der Waals surface area contributed by atoms with E-state index in [2.05, 4.69) is 22.2 Å². The molecule has 1 unspecified atom stereocenters. The van der Waals surface area contributed by atoms with Crippen LogP contribution in [0.2, 0.25) is 0 Å². The largest absolute Gasteiger partial charge is 0.352 e. The summed E-state index contributed by atoms with van der Waals surface area (Å²) in [5.41, 5.74) is 0.632. The summed E-state index contributed by atoms with van der Waals surface area (Å²) in [6, 6.07) is 4.19. The van der Waals surface area contributed by atoms with Crippen molar-refractivity contribution < 1.29 is 4.79 Å². The molecule has 0 spiro atoms. The molecule has 17 heavy (non-hydrogen) atoms. The van der Waals surface area contributed by atoms with E-state index < -0.39 is 0 Å². The third kappa shape index (κ3) is 3.27. The number of carbonyl (C=O) groups is 1. The van der Waals surface area contributed by atoms with Gasteiger partial charge in [0.25, 0.3) is 5.91 Å². The molecule has 2 rings (SSSR count). The van der Waals surface area contributed by atoms with Crippen molar-refractivity contribution in [3.63, 3.8) is 0 Å². The Hall–Kier alpha value is -1.42. The molecule has 0 bridgehead atoms. The molecule has 4 heteroatoms. The number of nitrogens with one attached hydrogen (secondary N) is 1. The summed E-state index contributed by atoms with van der Waals surface area (Å²) < 4.78 is 0. The Balaban J connectivity index is 1.74. The maximum absolute atomic E-state index is 11.7. The van der Waals surface area contributed by atoms with Gasteiger partial charge in [-0.05, 0) is 45.0 Å². The molecule has 1 aliphatic rings. The topological polar surface area (TPSA) is 45.2 Å². The average Bonchev–Trinajstić information content (AvgIpc) is 2.76. The zero-order valence-electron chi connectivity index (χ0n) is 10.2. The number of amides is 1. The number of nitrogens with zero attached hydrogens (tertiary/aromatic N) is 2. The summed E-state index contributed by atoms with van der Waals surface area (Å²) in [7, 11) is 2.15. The third-order valence-electron chi connectivity index (χ3n) is 3.36. The van der Waals surface area contributed by atoms with Crippen molar-refractivity contribution >= 4 is 5.91 Å². The molecule has 1 aromatic heterocycles. The molecule has 1 amide bonds. The fraction of sp³-hybridized carbons (Fsp3) is 0.538. The van der Waals surface area contributed by atoms with Crippen molar-refractivity contribution in [2.45, 2.75) is 25.3 Å². The second-order valence-corrected chi connectivity index (χ2v) is 4.56. The lowest BCUT2D eigenvalue weighted by atomic mass is 10.1. The van der Waals surface area contributed by atoms with Gasteiger partial charge >= 0.3 is 0 Å². The molecule has 1 aromatic rings. The lowest BCUT2D eigenvalue weighted by Gasteiger charge is -2.19. The first-order valence-corrected chi connectivity index (χ1v) is 6.16. The van der Waals surface area contributed by atoms with Crippen molar-refractivity contribution in [2.75, 3.05) is 20.1 Å². The minimum atomic E-state index is -0.0289. The summed E-state index contributed by atoms with van der Waals surface area (Å²) in [6.07, 6.45) is 6.82. The smallest absolute Gasteiger partial charge is 0.252 e. The van der Waals surface area contributed by atoms with Crippen LogP contribution in [0.3, 0.4) is 0 Å². The first-order chi connectivity index (χ1) is 8.27. The van der Waals surface area contributed by atoms with Crippen LogP contribution in [0.25, 0.3) is 0 Å². The highest BCUT2D eigenvalue weighted by molar-refractivity contribution is 5.93. The van der Waals surface area contributed by atoms with Gasteiger partial charge in [-0.3, -0.25) is 9.78 Å². The van der Waals surface area contributed by atoms with Crippen molar-refractivity contribution in [3.05, 3.63) is 30.1 Å². The lowest BCUT2D eigenvalue weighted by molar-refractivity contribution is 0.0950. The zero-order chi connectivity index (χ0) is 12.1. The molecule has 0 aromatic carbocycles. The molecule has 92 valence electrons. The monoisotopic (exact) mass is 233 g/mol. The van der Waals surface area contributed by atoms with Crippen LogP contribution in [0.15, 0.2) is 24.5 Å². The number of hydrogen-bond acceptors (Lipinski definition) is 3. The summed E-state index contributed by atoms with van der Waals surface area (Å²) in [5.74, 6) is -0.0289. The van der Waals surface area contributed by atoms with Gasteiger partial charge in [-0.25, -0.2) is 0 Å². The number of pyridine rings is 1. The van der Waals surface area contributed by atoms with E-state index in [0.717, 1.165) is 13.0 Å². The molecule has 2 heterocycles. The van der Waals surface area contributed by atoms with Crippen LogP contribution in [-0.4, -0.2) is 42.0 Å². The van der Waals surface area contributed by atoms with E-state index in [1.54, 1.807) is 24.5 Å². The zero-order valence-corrected chi connectivity index (χ0v) is 10.2. The second kappa shape index (κ2) is 5.77. The fourth-order valence-electron chi connectivity index (χ4n) is 2.30. The van der Waals surface area contributed by atoms with Gasteiger partial charge in [0, 0.05) is 25.0 Å². The van der Waals surface area contributed by atoms with Crippen LogP contribution >= 0.6 is 0 Å². The van der Waals surface area contributed by atoms with Crippen LogP contribution < -0.4 is 5.32 Å². The molecule has 1 aliphatic heterocycles. The van der Waals surface area contributed by atoms with E-state index in [1.807, 2.05) is 0 Å². The standard InChI is InChI=1S/C13H19N3O/c1-16-9-3-5-12(16)6-8-15-13(17)11-4-2-7-14-10-11/h2,4,7,10,12H,3,5-6,8-9H2,1H3,(H,15,17). The molecular weight excluding hydrogens is 214 g/mol. The fourth-order valence-corrected chi connectivity index (χ4v) is 2.30. The Bertz CT molecular complexity index is 366. The molecule has 1 N–H and O–H groups in total. The van der Waals surface area contributed by atoms with Crippen LogP contribution in [0.1, 0.15) is 29.6 Å². The first kappa shape index (κ1) is 12.0. The minimum absolute atomic E-state index is 0.0289. The predicted molar refractivity (Wildman–Crippen MR) is 66.8 cm³/mol. The predicted octanol–water partition coefficient (Wildman–Crippen LogP) is 1.30. The first-order valence-electron chi connectivity index (χ1n) is 6.16. The SMILES string of the molecule is CN1CCCC1CCNC(=O)c1cccnc1. The molecule has 1 fully saturated rings. The molecule has 0 saturated carbocycles. The van der Waals surface area contributed by atoms with E-state index in [4.69, 9.17) is 0 Å². The van der Waals surface area contributed by atoms with E-state index >= 15 is 0 Å². The summed E-state index contributed by atoms with van der Waals surface area (Å²) in [5, 5.41) is 2.94. The second-order valence-electron chi connectivity index (χ2n) is 4.56. The summed E-state index contributed by atoms with van der Waals surface area (Å²) >= 11 is 0. The van der Waals surface area contributed by atoms with Gasteiger partial charge < -0.3 is 10.2 Å². The maximum atomic E-state index is 11.7. The van der Waals surface area contributed by atoms with Gasteiger partial charge in [-0.15, -0.1) is 0 Å². The molecule has 4 nitrogen and oxygen atoms in total. The minimum Gasteiger partial charge on any atom is -0.352 e. The number of aromatic nitrogens is 1. The highest BCUT2D eigenvalue weighted by atomic mass is 16.1. The van der Waals surface area contributed by atoms with E-state index in [0.29, 0.717) is 11.6 Å². The highest BCUT2D eigenvalue weighted by Crippen LogP contribution is 2.16. The van der Waals surface area contributed by atoms with E-state index in [1.165, 1.54) is 19.4 Å². The Kier molecular flexibility index (Phi) is 4.09. The van der Waals surface area contributed by atoms with Gasteiger partial charge in [0.15, 0.2) is 0 Å². The number of likely N-dealkylation sites (tertiary alicyclic amines) is 1.